The van der Waals surface area contributed by atoms with E-state index in [1.54, 1.807) is 18.2 Å². The molecule has 0 aliphatic rings. The van der Waals surface area contributed by atoms with Crippen LogP contribution in [0.4, 0.5) is 24.5 Å². The summed E-state index contributed by atoms with van der Waals surface area (Å²) in [6.45, 7) is 0.160. The van der Waals surface area contributed by atoms with E-state index in [1.165, 1.54) is 14.2 Å². The smallest absolute Gasteiger partial charge is 0.416 e. The van der Waals surface area contributed by atoms with E-state index < -0.39 is 22.4 Å². The number of nitro benzene ring substituents is 1. The molecule has 0 unspecified atom stereocenters. The van der Waals surface area contributed by atoms with Crippen LogP contribution in [0.5, 0.6) is 11.5 Å². The van der Waals surface area contributed by atoms with Crippen LogP contribution in [0.25, 0.3) is 0 Å². The minimum absolute atomic E-state index is 0.00666. The Bertz CT molecular complexity index is 919. The summed E-state index contributed by atoms with van der Waals surface area (Å²) in [5.41, 5.74) is -1.25. The minimum Gasteiger partial charge on any atom is -0.497 e. The van der Waals surface area contributed by atoms with Crippen LogP contribution < -0.4 is 20.1 Å². The number of carbonyl (C=O) groups excluding carboxylic acids is 1. The first kappa shape index (κ1) is 22.8. The highest BCUT2D eigenvalue weighted by Crippen LogP contribution is 2.34. The number of halogens is 3. The van der Waals surface area contributed by atoms with Gasteiger partial charge < -0.3 is 20.1 Å². The molecule has 162 valence electrons. The van der Waals surface area contributed by atoms with Gasteiger partial charge >= 0.3 is 6.18 Å². The van der Waals surface area contributed by atoms with Crippen molar-refractivity contribution in [2.45, 2.75) is 19.1 Å². The zero-order valence-electron chi connectivity index (χ0n) is 16.2. The molecule has 0 atom stereocenters. The molecular formula is C19H20F3N3O5. The van der Waals surface area contributed by atoms with E-state index in [4.69, 9.17) is 9.47 Å². The lowest BCUT2D eigenvalue weighted by atomic mass is 10.1. The van der Waals surface area contributed by atoms with E-state index in [1.807, 2.05) is 0 Å². The Morgan fingerprint density at radius 3 is 2.47 bits per heavy atom. The lowest BCUT2D eigenvalue weighted by Crippen LogP contribution is -2.25. The molecule has 0 aromatic heterocycles. The number of rotatable bonds is 9. The Kier molecular flexibility index (Phi) is 7.45. The van der Waals surface area contributed by atoms with Gasteiger partial charge in [0.15, 0.2) is 0 Å². The summed E-state index contributed by atoms with van der Waals surface area (Å²) >= 11 is 0. The third-order valence-electron chi connectivity index (χ3n) is 4.15. The van der Waals surface area contributed by atoms with Crippen molar-refractivity contribution in [1.82, 2.24) is 5.32 Å². The van der Waals surface area contributed by atoms with Gasteiger partial charge in [-0.1, -0.05) is 0 Å². The highest BCUT2D eigenvalue weighted by atomic mass is 19.4. The Balaban J connectivity index is 1.94. The SMILES string of the molecule is COc1ccc(OC)c(CNC(=O)CCNc2ccc(C(F)(F)F)cc2[N+](=O)[O-])c1. The zero-order chi connectivity index (χ0) is 22.3. The number of carbonyl (C=O) groups is 1. The summed E-state index contributed by atoms with van der Waals surface area (Å²) in [7, 11) is 3.00. The quantitative estimate of drug-likeness (QED) is 0.467. The molecule has 30 heavy (non-hydrogen) atoms. The van der Waals surface area contributed by atoms with E-state index in [-0.39, 0.29) is 31.1 Å². The Hall–Kier alpha value is -3.50. The van der Waals surface area contributed by atoms with Crippen LogP contribution in [0.3, 0.4) is 0 Å². The minimum atomic E-state index is -4.69. The van der Waals surface area contributed by atoms with E-state index >= 15 is 0 Å². The third-order valence-corrected chi connectivity index (χ3v) is 4.15. The number of alkyl halides is 3. The molecule has 0 spiro atoms. The molecule has 0 heterocycles. The van der Waals surface area contributed by atoms with E-state index in [9.17, 15) is 28.1 Å². The van der Waals surface area contributed by atoms with Crippen LogP contribution in [0.15, 0.2) is 36.4 Å². The van der Waals surface area contributed by atoms with Gasteiger partial charge in [-0.2, -0.15) is 13.2 Å². The molecule has 11 heteroatoms. The van der Waals surface area contributed by atoms with Crippen molar-refractivity contribution >= 4 is 17.3 Å². The average molecular weight is 427 g/mol. The van der Waals surface area contributed by atoms with Crippen LogP contribution in [-0.4, -0.2) is 31.6 Å². The van der Waals surface area contributed by atoms with Gasteiger partial charge in [0, 0.05) is 31.1 Å². The molecule has 2 rings (SSSR count). The summed E-state index contributed by atoms with van der Waals surface area (Å²) in [4.78, 5) is 22.2. The fraction of sp³-hybridized carbons (Fsp3) is 0.316. The fourth-order valence-electron chi connectivity index (χ4n) is 2.62. The van der Waals surface area contributed by atoms with Gasteiger partial charge in [0.2, 0.25) is 5.91 Å². The van der Waals surface area contributed by atoms with E-state index in [2.05, 4.69) is 10.6 Å². The van der Waals surface area contributed by atoms with Crippen molar-refractivity contribution in [1.29, 1.82) is 0 Å². The van der Waals surface area contributed by atoms with Gasteiger partial charge in [-0.15, -0.1) is 0 Å². The van der Waals surface area contributed by atoms with Crippen LogP contribution in [0.1, 0.15) is 17.5 Å². The zero-order valence-corrected chi connectivity index (χ0v) is 16.2. The summed E-state index contributed by atoms with van der Waals surface area (Å²) in [5.74, 6) is 0.799. The molecule has 8 nitrogen and oxygen atoms in total. The van der Waals surface area contributed by atoms with Crippen molar-refractivity contribution in [3.05, 3.63) is 57.6 Å². The summed E-state index contributed by atoms with van der Waals surface area (Å²) in [5, 5.41) is 16.4. The highest BCUT2D eigenvalue weighted by Gasteiger charge is 2.33. The first-order valence-corrected chi connectivity index (χ1v) is 8.72. The predicted octanol–water partition coefficient (Wildman–Crippen LogP) is 3.75. The number of nitro groups is 1. The molecule has 2 aromatic carbocycles. The lowest BCUT2D eigenvalue weighted by molar-refractivity contribution is -0.384. The maximum atomic E-state index is 12.7. The largest absolute Gasteiger partial charge is 0.497 e. The normalized spacial score (nSPS) is 11.0. The fourth-order valence-corrected chi connectivity index (χ4v) is 2.62. The number of benzene rings is 2. The number of anilines is 1. The van der Waals surface area contributed by atoms with Crippen LogP contribution >= 0.6 is 0 Å². The number of nitrogens with one attached hydrogen (secondary N) is 2. The van der Waals surface area contributed by atoms with Gasteiger partial charge in [0.25, 0.3) is 5.69 Å². The first-order chi connectivity index (χ1) is 14.2. The monoisotopic (exact) mass is 427 g/mol. The maximum absolute atomic E-state index is 12.7. The maximum Gasteiger partial charge on any atom is 0.416 e. The molecule has 0 saturated carbocycles. The molecule has 0 bridgehead atoms. The number of methoxy groups -OCH3 is 2. The second-order valence-corrected chi connectivity index (χ2v) is 6.12. The number of hydrogen-bond donors (Lipinski definition) is 2. The molecule has 0 aliphatic carbocycles. The number of amides is 1. The van der Waals surface area contributed by atoms with Crippen LogP contribution in [0.2, 0.25) is 0 Å². The van der Waals surface area contributed by atoms with Gasteiger partial charge in [-0.05, 0) is 30.3 Å². The summed E-state index contributed by atoms with van der Waals surface area (Å²) in [6.07, 6.45) is -4.74. The summed E-state index contributed by atoms with van der Waals surface area (Å²) < 4.78 is 48.6. The van der Waals surface area contributed by atoms with Gasteiger partial charge in [-0.3, -0.25) is 14.9 Å². The van der Waals surface area contributed by atoms with Crippen molar-refractivity contribution in [2.75, 3.05) is 26.1 Å². The molecule has 0 radical (unpaired) electrons. The third kappa shape index (κ3) is 6.00. The van der Waals surface area contributed by atoms with Crippen molar-refractivity contribution in [3.8, 4) is 11.5 Å². The molecule has 1 amide bonds. The van der Waals surface area contributed by atoms with E-state index in [0.29, 0.717) is 23.1 Å². The lowest BCUT2D eigenvalue weighted by Gasteiger charge is -2.12. The van der Waals surface area contributed by atoms with Crippen LogP contribution in [-0.2, 0) is 17.5 Å². The van der Waals surface area contributed by atoms with Gasteiger partial charge in [-0.25, -0.2) is 0 Å². The van der Waals surface area contributed by atoms with E-state index in [0.717, 1.165) is 12.1 Å². The Labute approximate surface area is 170 Å². The standard InChI is InChI=1S/C19H20F3N3O5/c1-29-14-4-6-17(30-2)12(9-14)11-24-18(26)7-8-23-15-5-3-13(19(20,21)22)10-16(15)25(27)28/h3-6,9-10,23H,7-8,11H2,1-2H3,(H,24,26). The predicted molar refractivity (Wildman–Crippen MR) is 103 cm³/mol. The second-order valence-electron chi connectivity index (χ2n) is 6.12. The molecular weight excluding hydrogens is 407 g/mol. The second kappa shape index (κ2) is 9.81. The molecule has 2 N–H and O–H groups in total. The Morgan fingerprint density at radius 1 is 1.13 bits per heavy atom. The van der Waals surface area contributed by atoms with Crippen molar-refractivity contribution in [2.24, 2.45) is 0 Å². The Morgan fingerprint density at radius 2 is 1.87 bits per heavy atom. The first-order valence-electron chi connectivity index (χ1n) is 8.72. The number of hydrogen-bond acceptors (Lipinski definition) is 6. The van der Waals surface area contributed by atoms with Gasteiger partial charge in [0.1, 0.15) is 17.2 Å². The number of nitrogens with zero attached hydrogens (tertiary/aromatic N) is 1. The van der Waals surface area contributed by atoms with Crippen molar-refractivity contribution in [3.63, 3.8) is 0 Å². The summed E-state index contributed by atoms with van der Waals surface area (Å²) in [6, 6.07) is 7.29. The molecule has 0 fully saturated rings. The molecule has 0 aliphatic heterocycles. The van der Waals surface area contributed by atoms with Crippen molar-refractivity contribution < 1.29 is 32.4 Å². The topological polar surface area (TPSA) is 103 Å². The molecule has 2 aromatic rings. The molecule has 0 saturated heterocycles. The van der Waals surface area contributed by atoms with Gasteiger partial charge in [0.05, 0.1) is 24.7 Å². The highest BCUT2D eigenvalue weighted by molar-refractivity contribution is 5.76. The average Bonchev–Trinajstić information content (AvgIpc) is 2.71. The number of ether oxygens (including phenoxy) is 2. The van der Waals surface area contributed by atoms with Crippen LogP contribution in [0, 0.1) is 10.1 Å².